The first-order chi connectivity index (χ1) is 17.0. The van der Waals surface area contributed by atoms with Gasteiger partial charge in [-0.25, -0.2) is 4.98 Å². The Labute approximate surface area is 206 Å². The first-order valence-corrected chi connectivity index (χ1v) is 11.8. The van der Waals surface area contributed by atoms with Crippen LogP contribution in [0.15, 0.2) is 41.2 Å². The first-order valence-electron chi connectivity index (χ1n) is 11.5. The van der Waals surface area contributed by atoms with Crippen LogP contribution in [0.1, 0.15) is 36.2 Å². The number of morpholine rings is 1. The van der Waals surface area contributed by atoms with E-state index in [9.17, 15) is 14.4 Å². The maximum Gasteiger partial charge on any atom is 0.293 e. The Morgan fingerprint density at radius 3 is 2.66 bits per heavy atom. The fraction of sp³-hybridized carbons (Fsp3) is 0.375. The number of carbonyl (C=O) groups is 3. The average molecular weight is 498 g/mol. The van der Waals surface area contributed by atoms with Crippen LogP contribution in [0.3, 0.4) is 0 Å². The molecule has 0 bridgehead atoms. The van der Waals surface area contributed by atoms with E-state index in [1.54, 1.807) is 30.6 Å². The largest absolute Gasteiger partial charge is 0.448 e. The van der Waals surface area contributed by atoms with Gasteiger partial charge in [-0.15, -0.1) is 0 Å². The van der Waals surface area contributed by atoms with E-state index in [1.165, 1.54) is 6.20 Å². The van der Waals surface area contributed by atoms with Crippen LogP contribution in [0.5, 0.6) is 0 Å². The van der Waals surface area contributed by atoms with Gasteiger partial charge >= 0.3 is 0 Å². The van der Waals surface area contributed by atoms with E-state index < -0.39 is 5.91 Å². The fourth-order valence-corrected chi connectivity index (χ4v) is 4.77. The molecule has 1 saturated heterocycles. The molecule has 35 heavy (non-hydrogen) atoms. The van der Waals surface area contributed by atoms with Gasteiger partial charge in [0.1, 0.15) is 23.0 Å². The summed E-state index contributed by atoms with van der Waals surface area (Å²) in [5.74, 6) is -0.974. The van der Waals surface area contributed by atoms with Gasteiger partial charge in [0.15, 0.2) is 0 Å². The molecule has 5 rings (SSSR count). The predicted octanol–water partition coefficient (Wildman–Crippen LogP) is 3.48. The van der Waals surface area contributed by atoms with Crippen molar-refractivity contribution in [2.75, 3.05) is 30.4 Å². The van der Waals surface area contributed by atoms with Crippen molar-refractivity contribution in [3.8, 4) is 0 Å². The lowest BCUT2D eigenvalue weighted by molar-refractivity contribution is -0.146. The number of nitrogens with zero attached hydrogens (tertiary/aromatic N) is 3. The van der Waals surface area contributed by atoms with Gasteiger partial charge in [0, 0.05) is 30.9 Å². The lowest BCUT2D eigenvalue weighted by atomic mass is 9.84. The van der Waals surface area contributed by atoms with Crippen LogP contribution in [0.2, 0.25) is 5.15 Å². The van der Waals surface area contributed by atoms with Gasteiger partial charge in [-0.1, -0.05) is 11.6 Å². The standard InChI is InChI=1S/C24H24ClN5O5/c25-19-6-3-15(11-27-19)28-24(33)22-21(17-12-26-8-7-18(17)35-22)29-23(32)14-1-4-16(5-2-14)30-9-10-34-13-20(30)31/h3,6-8,11-12,14,16H,1-2,4-5,9-10,13H2,(H,28,33)(H,29,32). The normalized spacial score (nSPS) is 20.6. The van der Waals surface area contributed by atoms with E-state index in [2.05, 4.69) is 20.6 Å². The molecule has 0 atom stereocenters. The second-order valence-electron chi connectivity index (χ2n) is 8.64. The highest BCUT2D eigenvalue weighted by Gasteiger charge is 2.34. The number of furan rings is 1. The van der Waals surface area contributed by atoms with Crippen molar-refractivity contribution in [1.29, 1.82) is 0 Å². The van der Waals surface area contributed by atoms with Gasteiger partial charge in [0.2, 0.25) is 17.6 Å². The van der Waals surface area contributed by atoms with Crippen LogP contribution in [0.4, 0.5) is 11.4 Å². The van der Waals surface area contributed by atoms with Crippen molar-refractivity contribution in [3.63, 3.8) is 0 Å². The Hall–Kier alpha value is -3.50. The summed E-state index contributed by atoms with van der Waals surface area (Å²) in [4.78, 5) is 48.3. The number of amides is 3. The molecule has 1 aliphatic carbocycles. The highest BCUT2D eigenvalue weighted by atomic mass is 35.5. The topological polar surface area (TPSA) is 127 Å². The molecule has 4 heterocycles. The van der Waals surface area contributed by atoms with Crippen molar-refractivity contribution in [2.45, 2.75) is 31.7 Å². The van der Waals surface area contributed by atoms with Crippen molar-refractivity contribution < 1.29 is 23.5 Å². The Morgan fingerprint density at radius 1 is 1.09 bits per heavy atom. The predicted molar refractivity (Wildman–Crippen MR) is 128 cm³/mol. The molecule has 1 aliphatic heterocycles. The molecule has 3 aromatic rings. The molecular weight excluding hydrogens is 474 g/mol. The van der Waals surface area contributed by atoms with Gasteiger partial charge in [0.05, 0.1) is 23.9 Å². The molecule has 0 radical (unpaired) electrons. The van der Waals surface area contributed by atoms with Crippen LogP contribution in [0.25, 0.3) is 11.0 Å². The highest BCUT2D eigenvalue weighted by molar-refractivity contribution is 6.29. The summed E-state index contributed by atoms with van der Waals surface area (Å²) in [7, 11) is 0. The number of halogens is 1. The van der Waals surface area contributed by atoms with Crippen LogP contribution in [-0.2, 0) is 14.3 Å². The Bertz CT molecular complexity index is 1250. The molecular formula is C24H24ClN5O5. The van der Waals surface area contributed by atoms with Crippen molar-refractivity contribution in [3.05, 3.63) is 47.7 Å². The number of pyridine rings is 2. The summed E-state index contributed by atoms with van der Waals surface area (Å²) < 4.78 is 11.0. The van der Waals surface area contributed by atoms with Gasteiger partial charge in [-0.2, -0.15) is 0 Å². The van der Waals surface area contributed by atoms with Crippen LogP contribution in [0, 0.1) is 5.92 Å². The average Bonchev–Trinajstić information content (AvgIpc) is 3.24. The summed E-state index contributed by atoms with van der Waals surface area (Å²) in [6, 6.07) is 4.94. The number of carbonyl (C=O) groups excluding carboxylic acids is 3. The van der Waals surface area contributed by atoms with E-state index in [1.807, 2.05) is 4.90 Å². The molecule has 2 aliphatic rings. The number of rotatable bonds is 5. The lowest BCUT2D eigenvalue weighted by Crippen LogP contribution is -2.49. The third-order valence-corrected chi connectivity index (χ3v) is 6.68. The summed E-state index contributed by atoms with van der Waals surface area (Å²) in [6.45, 7) is 1.26. The van der Waals surface area contributed by atoms with Crippen LogP contribution < -0.4 is 10.6 Å². The number of anilines is 2. The number of hydrogen-bond donors (Lipinski definition) is 2. The second-order valence-corrected chi connectivity index (χ2v) is 9.02. The summed E-state index contributed by atoms with van der Waals surface area (Å²) >= 11 is 5.81. The lowest BCUT2D eigenvalue weighted by Gasteiger charge is -2.38. The van der Waals surface area contributed by atoms with Gasteiger partial charge in [-0.3, -0.25) is 19.4 Å². The highest BCUT2D eigenvalue weighted by Crippen LogP contribution is 2.34. The molecule has 10 nitrogen and oxygen atoms in total. The minimum absolute atomic E-state index is 0.00746. The zero-order chi connectivity index (χ0) is 24.4. The van der Waals surface area contributed by atoms with E-state index in [0.29, 0.717) is 47.8 Å². The summed E-state index contributed by atoms with van der Waals surface area (Å²) in [6.07, 6.45) is 7.32. The smallest absolute Gasteiger partial charge is 0.293 e. The number of nitrogens with one attached hydrogen (secondary N) is 2. The minimum atomic E-state index is -0.532. The first kappa shape index (κ1) is 23.3. The van der Waals surface area contributed by atoms with Gasteiger partial charge in [0.25, 0.3) is 5.91 Å². The van der Waals surface area contributed by atoms with E-state index in [0.717, 1.165) is 12.8 Å². The molecule has 2 fully saturated rings. The molecule has 1 saturated carbocycles. The van der Waals surface area contributed by atoms with E-state index >= 15 is 0 Å². The molecule has 0 spiro atoms. The third-order valence-electron chi connectivity index (χ3n) is 6.46. The minimum Gasteiger partial charge on any atom is -0.448 e. The number of fused-ring (bicyclic) bond motifs is 1. The van der Waals surface area contributed by atoms with Crippen molar-refractivity contribution in [2.24, 2.45) is 5.92 Å². The monoisotopic (exact) mass is 497 g/mol. The van der Waals surface area contributed by atoms with Crippen molar-refractivity contribution >= 4 is 51.7 Å². The van der Waals surface area contributed by atoms with Crippen LogP contribution >= 0.6 is 11.6 Å². The maximum absolute atomic E-state index is 13.2. The summed E-state index contributed by atoms with van der Waals surface area (Å²) in [5, 5.41) is 6.46. The Kier molecular flexibility index (Phi) is 6.65. The Balaban J connectivity index is 1.30. The molecule has 0 unspecified atom stereocenters. The molecule has 3 amide bonds. The van der Waals surface area contributed by atoms with Gasteiger partial charge < -0.3 is 24.7 Å². The SMILES string of the molecule is O=C(Nc1ccc(Cl)nc1)c1oc2ccncc2c1NC(=O)C1CCC(N2CCOCC2=O)CC1. The summed E-state index contributed by atoms with van der Waals surface area (Å²) in [5.41, 5.74) is 1.15. The fourth-order valence-electron chi connectivity index (χ4n) is 4.65. The van der Waals surface area contributed by atoms with Crippen molar-refractivity contribution in [1.82, 2.24) is 14.9 Å². The number of hydrogen-bond acceptors (Lipinski definition) is 7. The second kappa shape index (κ2) is 10.0. The molecule has 11 heteroatoms. The van der Waals surface area contributed by atoms with Crippen LogP contribution in [-0.4, -0.2) is 58.4 Å². The molecule has 3 aromatic heterocycles. The quantitative estimate of drug-likeness (QED) is 0.516. The maximum atomic E-state index is 13.2. The molecule has 0 aromatic carbocycles. The zero-order valence-corrected chi connectivity index (χ0v) is 19.6. The Morgan fingerprint density at radius 2 is 1.91 bits per heavy atom. The van der Waals surface area contributed by atoms with E-state index in [-0.39, 0.29) is 41.8 Å². The number of aromatic nitrogens is 2. The third kappa shape index (κ3) is 4.98. The molecule has 2 N–H and O–H groups in total. The van der Waals surface area contributed by atoms with Gasteiger partial charge in [-0.05, 0) is 43.9 Å². The van der Waals surface area contributed by atoms with E-state index in [4.69, 9.17) is 20.8 Å². The zero-order valence-electron chi connectivity index (χ0n) is 18.8. The molecule has 182 valence electrons. The number of ether oxygens (including phenoxy) is 1.